The summed E-state index contributed by atoms with van der Waals surface area (Å²) in [5.41, 5.74) is 6.88. The summed E-state index contributed by atoms with van der Waals surface area (Å²) in [5, 5.41) is 10.00. The van der Waals surface area contributed by atoms with E-state index in [1.54, 1.807) is 31.2 Å². The van der Waals surface area contributed by atoms with E-state index in [4.69, 9.17) is 10.5 Å². The second-order valence-corrected chi connectivity index (χ2v) is 4.70. The van der Waals surface area contributed by atoms with Gasteiger partial charge in [0.25, 0.3) is 0 Å². The van der Waals surface area contributed by atoms with E-state index in [-0.39, 0.29) is 29.6 Å². The van der Waals surface area contributed by atoms with E-state index in [9.17, 15) is 10.0 Å². The van der Waals surface area contributed by atoms with Crippen molar-refractivity contribution in [1.82, 2.24) is 5.06 Å². The minimum atomic E-state index is -0.882. The van der Waals surface area contributed by atoms with Gasteiger partial charge in [-0.2, -0.15) is 5.06 Å². The van der Waals surface area contributed by atoms with Crippen LogP contribution in [-0.2, 0) is 6.61 Å². The monoisotopic (exact) mass is 310 g/mol. The molecule has 1 atom stereocenters. The number of nitrogens with zero attached hydrogens (tertiary/aromatic N) is 1. The van der Waals surface area contributed by atoms with Crippen molar-refractivity contribution in [1.29, 1.82) is 0 Å². The number of carbonyl (C=O) groups is 1. The first kappa shape index (κ1) is 18.5. The third kappa shape index (κ3) is 5.03. The Kier molecular flexibility index (Phi) is 7.41. The molecule has 2 rings (SSSR count). The van der Waals surface area contributed by atoms with E-state index in [0.29, 0.717) is 11.7 Å². The van der Waals surface area contributed by atoms with Crippen molar-refractivity contribution >= 4 is 35.6 Å². The normalized spacial score (nSPS) is 11.2. The molecule has 0 aliphatic heterocycles. The average Bonchev–Trinajstić information content (AvgIpc) is 2.53. The summed E-state index contributed by atoms with van der Waals surface area (Å²) in [6.45, 7) is 2.17. The summed E-state index contributed by atoms with van der Waals surface area (Å²) in [5.74, 6) is 0.721. The predicted octanol–water partition coefficient (Wildman–Crippen LogP) is 2.45. The van der Waals surface area contributed by atoms with E-state index in [2.05, 4.69) is 0 Å². The van der Waals surface area contributed by atoms with E-state index < -0.39 is 12.1 Å². The molecule has 0 spiro atoms. The predicted molar refractivity (Wildman–Crippen MR) is 86.0 cm³/mol. The Morgan fingerprint density at radius 2 is 1.77 bits per heavy atom. The number of carbonyl (C=O) groups excluding carboxylic acids is 1. The molecule has 6 heteroatoms. The number of hydrogen-bond donors (Lipinski definition) is 2. The molecule has 0 heterocycles. The zero-order valence-corrected chi connectivity index (χ0v) is 11.8. The first-order valence-electron chi connectivity index (χ1n) is 6.62. The van der Waals surface area contributed by atoms with Gasteiger partial charge in [-0.3, -0.25) is 5.21 Å². The minimum absolute atomic E-state index is 0. The van der Waals surface area contributed by atoms with Gasteiger partial charge in [-0.05, 0) is 30.2 Å². The number of ether oxygens (including phenoxy) is 1. The number of amides is 2. The third-order valence-corrected chi connectivity index (χ3v) is 3.20. The number of rotatable bonds is 5. The Morgan fingerprint density at radius 3 is 2.32 bits per heavy atom. The average molecular weight is 310 g/mol. The fraction of sp³-hybridized carbons (Fsp3) is 0.188. The van der Waals surface area contributed by atoms with E-state index in [1.807, 2.05) is 30.3 Å². The van der Waals surface area contributed by atoms with Crippen LogP contribution in [0.1, 0.15) is 24.1 Å². The van der Waals surface area contributed by atoms with Crippen molar-refractivity contribution in [3.05, 3.63) is 65.7 Å². The van der Waals surface area contributed by atoms with Gasteiger partial charge in [0, 0.05) is 0 Å². The Labute approximate surface area is 151 Å². The van der Waals surface area contributed by atoms with E-state index in [0.717, 1.165) is 16.9 Å². The van der Waals surface area contributed by atoms with Crippen LogP contribution in [0, 0.1) is 0 Å². The molecule has 2 aromatic rings. The number of primary amides is 1. The first-order valence-corrected chi connectivity index (χ1v) is 6.62. The molecule has 0 aliphatic rings. The van der Waals surface area contributed by atoms with Gasteiger partial charge in [-0.25, -0.2) is 4.79 Å². The Hall–Kier alpha value is -1.53. The molecule has 2 amide bonds. The second-order valence-electron chi connectivity index (χ2n) is 4.70. The molecule has 0 saturated heterocycles. The summed E-state index contributed by atoms with van der Waals surface area (Å²) in [6, 6.07) is 15.6. The third-order valence-electron chi connectivity index (χ3n) is 3.20. The Balaban J connectivity index is 0.00000242. The second kappa shape index (κ2) is 8.80. The first-order chi connectivity index (χ1) is 10.1. The standard InChI is InChI=1S/C16H18N2O3.Na.H/c1-12(18(20)16(17)19)14-7-9-15(10-8-14)21-11-13-5-3-2-4-6-13;;/h2-10,12,20H,11H2,1H3,(H2,17,19);;. The van der Waals surface area contributed by atoms with Crippen molar-refractivity contribution in [2.75, 3.05) is 0 Å². The zero-order chi connectivity index (χ0) is 15.2. The van der Waals surface area contributed by atoms with E-state index >= 15 is 0 Å². The molecule has 1 unspecified atom stereocenters. The molecule has 22 heavy (non-hydrogen) atoms. The summed E-state index contributed by atoms with van der Waals surface area (Å²) in [7, 11) is 0. The van der Waals surface area contributed by atoms with Gasteiger partial charge in [0.1, 0.15) is 12.4 Å². The Morgan fingerprint density at radius 1 is 1.18 bits per heavy atom. The summed E-state index contributed by atoms with van der Waals surface area (Å²) < 4.78 is 5.67. The van der Waals surface area contributed by atoms with Crippen molar-refractivity contribution in [2.24, 2.45) is 5.73 Å². The van der Waals surface area contributed by atoms with Gasteiger partial charge in [-0.1, -0.05) is 42.5 Å². The number of nitrogens with two attached hydrogens (primary N) is 1. The van der Waals surface area contributed by atoms with Gasteiger partial charge in [0.05, 0.1) is 6.04 Å². The SMILES string of the molecule is CC(c1ccc(OCc2ccccc2)cc1)N(O)C(N)=O.[NaH]. The number of hydroxylamine groups is 2. The van der Waals surface area contributed by atoms with Crippen LogP contribution < -0.4 is 10.5 Å². The van der Waals surface area contributed by atoms with Crippen LogP contribution in [0.5, 0.6) is 5.75 Å². The van der Waals surface area contributed by atoms with Gasteiger partial charge < -0.3 is 10.5 Å². The van der Waals surface area contributed by atoms with Crippen LogP contribution >= 0.6 is 0 Å². The van der Waals surface area contributed by atoms with Crippen LogP contribution in [0.25, 0.3) is 0 Å². The fourth-order valence-corrected chi connectivity index (χ4v) is 1.92. The molecule has 0 radical (unpaired) electrons. The molecule has 5 nitrogen and oxygen atoms in total. The van der Waals surface area contributed by atoms with Crippen molar-refractivity contribution < 1.29 is 14.7 Å². The maximum absolute atomic E-state index is 10.9. The molecular formula is C16H19N2NaO3. The van der Waals surface area contributed by atoms with Crippen LogP contribution in [0.3, 0.4) is 0 Å². The molecule has 0 fully saturated rings. The van der Waals surface area contributed by atoms with Gasteiger partial charge in [0.15, 0.2) is 0 Å². The molecule has 2 aromatic carbocycles. The van der Waals surface area contributed by atoms with Crippen molar-refractivity contribution in [2.45, 2.75) is 19.6 Å². The number of hydrogen-bond acceptors (Lipinski definition) is 3. The quantitative estimate of drug-likeness (QED) is 0.506. The maximum atomic E-state index is 10.9. The molecule has 0 aliphatic carbocycles. The molecule has 112 valence electrons. The van der Waals surface area contributed by atoms with Crippen LogP contribution in [0.15, 0.2) is 54.6 Å². The fourth-order valence-electron chi connectivity index (χ4n) is 1.92. The van der Waals surface area contributed by atoms with Crippen LogP contribution in [0.2, 0.25) is 0 Å². The Bertz CT molecular complexity index is 590. The summed E-state index contributed by atoms with van der Waals surface area (Å²) >= 11 is 0. The topological polar surface area (TPSA) is 75.8 Å². The van der Waals surface area contributed by atoms with Crippen molar-refractivity contribution in [3.8, 4) is 5.75 Å². The summed E-state index contributed by atoms with van der Waals surface area (Å²) in [6.07, 6.45) is 0. The van der Waals surface area contributed by atoms with Gasteiger partial charge >= 0.3 is 35.6 Å². The van der Waals surface area contributed by atoms with Crippen LogP contribution in [-0.4, -0.2) is 45.9 Å². The number of urea groups is 1. The number of benzene rings is 2. The molecule has 0 aromatic heterocycles. The van der Waals surface area contributed by atoms with Gasteiger partial charge in [-0.15, -0.1) is 0 Å². The summed E-state index contributed by atoms with van der Waals surface area (Å²) in [4.78, 5) is 10.9. The molecule has 0 bridgehead atoms. The molecule has 3 N–H and O–H groups in total. The molecule has 0 saturated carbocycles. The van der Waals surface area contributed by atoms with Crippen molar-refractivity contribution in [3.63, 3.8) is 0 Å². The van der Waals surface area contributed by atoms with Crippen LogP contribution in [0.4, 0.5) is 4.79 Å². The zero-order valence-electron chi connectivity index (χ0n) is 11.8. The van der Waals surface area contributed by atoms with Gasteiger partial charge in [0.2, 0.25) is 0 Å². The molecular weight excluding hydrogens is 291 g/mol. The van der Waals surface area contributed by atoms with E-state index in [1.165, 1.54) is 0 Å².